The highest BCUT2D eigenvalue weighted by atomic mass is 35.5. The molecule has 0 saturated carbocycles. The van der Waals surface area contributed by atoms with Crippen molar-refractivity contribution in [2.24, 2.45) is 0 Å². The van der Waals surface area contributed by atoms with Crippen LogP contribution in [0.5, 0.6) is 0 Å². The van der Waals surface area contributed by atoms with Gasteiger partial charge in [0.1, 0.15) is 30.5 Å². The summed E-state index contributed by atoms with van der Waals surface area (Å²) in [6, 6.07) is 9.90. The van der Waals surface area contributed by atoms with Crippen LogP contribution >= 0.6 is 11.6 Å². The first-order valence-corrected chi connectivity index (χ1v) is 11.0. The van der Waals surface area contributed by atoms with Gasteiger partial charge in [0.2, 0.25) is 0 Å². The van der Waals surface area contributed by atoms with Crippen molar-refractivity contribution in [3.63, 3.8) is 0 Å². The standard InChI is InChI=1S/C24H29ClO5/c1-2-16-18-5-3-4-17(18)14(10-13-6-8-15(25)9-7-13)11-19(16)24-23(29)22(28)21(27)20(12-26)30-24/h6-9,11,20-24,26-29H,2-5,10,12H2,1H3/t20-,21-,22+,23-,24+/m1/s1. The van der Waals surface area contributed by atoms with E-state index in [2.05, 4.69) is 13.0 Å². The van der Waals surface area contributed by atoms with E-state index >= 15 is 0 Å². The fourth-order valence-electron chi connectivity index (χ4n) is 4.98. The fourth-order valence-corrected chi connectivity index (χ4v) is 5.10. The Balaban J connectivity index is 1.78. The smallest absolute Gasteiger partial charge is 0.113 e. The third kappa shape index (κ3) is 3.91. The molecule has 30 heavy (non-hydrogen) atoms. The first kappa shape index (κ1) is 21.8. The van der Waals surface area contributed by atoms with Crippen LogP contribution in [0.3, 0.4) is 0 Å². The van der Waals surface area contributed by atoms with Crippen LogP contribution in [0, 0.1) is 0 Å². The molecular formula is C24H29ClO5. The molecule has 1 saturated heterocycles. The molecule has 6 heteroatoms. The lowest BCUT2D eigenvalue weighted by Crippen LogP contribution is -2.55. The summed E-state index contributed by atoms with van der Waals surface area (Å²) in [7, 11) is 0. The van der Waals surface area contributed by atoms with Gasteiger partial charge in [-0.3, -0.25) is 0 Å². The van der Waals surface area contributed by atoms with Gasteiger partial charge in [-0.05, 0) is 77.6 Å². The van der Waals surface area contributed by atoms with Crippen LogP contribution in [0.2, 0.25) is 5.02 Å². The molecule has 0 spiro atoms. The molecule has 0 aromatic heterocycles. The van der Waals surface area contributed by atoms with Crippen LogP contribution < -0.4 is 0 Å². The van der Waals surface area contributed by atoms with Crippen LogP contribution in [0.1, 0.15) is 52.8 Å². The van der Waals surface area contributed by atoms with Crippen molar-refractivity contribution in [1.29, 1.82) is 0 Å². The molecule has 0 amide bonds. The van der Waals surface area contributed by atoms with Gasteiger partial charge in [-0.15, -0.1) is 0 Å². The second kappa shape index (κ2) is 8.95. The molecule has 1 heterocycles. The highest BCUT2D eigenvalue weighted by Gasteiger charge is 2.45. The first-order valence-electron chi connectivity index (χ1n) is 10.7. The maximum Gasteiger partial charge on any atom is 0.113 e. The van der Waals surface area contributed by atoms with Gasteiger partial charge in [-0.2, -0.15) is 0 Å². The predicted octanol–water partition coefficient (Wildman–Crippen LogP) is 2.50. The average Bonchev–Trinajstić information content (AvgIpc) is 3.24. The van der Waals surface area contributed by atoms with Crippen molar-refractivity contribution in [3.05, 3.63) is 68.7 Å². The van der Waals surface area contributed by atoms with Crippen molar-refractivity contribution in [3.8, 4) is 0 Å². The molecule has 162 valence electrons. The van der Waals surface area contributed by atoms with E-state index in [-0.39, 0.29) is 0 Å². The molecule has 1 aliphatic heterocycles. The van der Waals surface area contributed by atoms with Gasteiger partial charge in [0, 0.05) is 5.02 Å². The van der Waals surface area contributed by atoms with Gasteiger partial charge in [0.15, 0.2) is 0 Å². The molecule has 0 unspecified atom stereocenters. The summed E-state index contributed by atoms with van der Waals surface area (Å²) >= 11 is 6.03. The number of fused-ring (bicyclic) bond motifs is 1. The molecule has 2 aliphatic rings. The first-order chi connectivity index (χ1) is 14.4. The zero-order valence-electron chi connectivity index (χ0n) is 17.1. The molecule has 1 fully saturated rings. The lowest BCUT2D eigenvalue weighted by molar-refractivity contribution is -0.231. The fraction of sp³-hybridized carbons (Fsp3) is 0.500. The summed E-state index contributed by atoms with van der Waals surface area (Å²) in [6.45, 7) is 1.66. The lowest BCUT2D eigenvalue weighted by atomic mass is 9.83. The van der Waals surface area contributed by atoms with Crippen molar-refractivity contribution in [2.45, 2.75) is 69.5 Å². The zero-order valence-corrected chi connectivity index (χ0v) is 17.8. The quantitative estimate of drug-likeness (QED) is 0.583. The number of aliphatic hydroxyl groups excluding tert-OH is 4. The summed E-state index contributed by atoms with van der Waals surface area (Å²) in [5.74, 6) is 0. The van der Waals surface area contributed by atoms with Gasteiger partial charge in [-0.1, -0.05) is 36.7 Å². The second-order valence-corrected chi connectivity index (χ2v) is 8.76. The van der Waals surface area contributed by atoms with Crippen molar-refractivity contribution in [1.82, 2.24) is 0 Å². The highest BCUT2D eigenvalue weighted by molar-refractivity contribution is 6.30. The van der Waals surface area contributed by atoms with Crippen LogP contribution in [0.15, 0.2) is 30.3 Å². The Labute approximate surface area is 181 Å². The molecule has 4 rings (SSSR count). The Morgan fingerprint density at radius 2 is 1.70 bits per heavy atom. The maximum absolute atomic E-state index is 10.7. The Morgan fingerprint density at radius 3 is 2.37 bits per heavy atom. The third-order valence-electron chi connectivity index (χ3n) is 6.51. The van der Waals surface area contributed by atoms with E-state index in [0.29, 0.717) is 5.02 Å². The SMILES string of the molecule is CCc1c([C@@H]2O[C@H](CO)[C@@H](O)[C@H](O)[C@H]2O)cc(Cc2ccc(Cl)cc2)c2c1CCC2. The van der Waals surface area contributed by atoms with Crippen LogP contribution in [0.4, 0.5) is 0 Å². The molecule has 2 aromatic carbocycles. The Bertz CT molecular complexity index is 895. The molecule has 1 aliphatic carbocycles. The Hall–Kier alpha value is -1.47. The van der Waals surface area contributed by atoms with Gasteiger partial charge in [0.05, 0.1) is 6.61 Å². The van der Waals surface area contributed by atoms with Gasteiger partial charge in [-0.25, -0.2) is 0 Å². The number of benzene rings is 2. The van der Waals surface area contributed by atoms with E-state index in [1.54, 1.807) is 0 Å². The molecule has 5 atom stereocenters. The summed E-state index contributed by atoms with van der Waals surface area (Å²) in [6.07, 6.45) is -1.08. The minimum atomic E-state index is -1.38. The zero-order chi connectivity index (χ0) is 21.4. The number of hydrogen-bond donors (Lipinski definition) is 4. The molecule has 0 bridgehead atoms. The average molecular weight is 433 g/mol. The van der Waals surface area contributed by atoms with E-state index in [1.807, 2.05) is 24.3 Å². The summed E-state index contributed by atoms with van der Waals surface area (Å²) in [4.78, 5) is 0. The highest BCUT2D eigenvalue weighted by Crippen LogP contribution is 2.40. The second-order valence-electron chi connectivity index (χ2n) is 8.32. The number of halogens is 1. The minimum Gasteiger partial charge on any atom is -0.394 e. The monoisotopic (exact) mass is 432 g/mol. The van der Waals surface area contributed by atoms with Gasteiger partial charge in [0.25, 0.3) is 0 Å². The van der Waals surface area contributed by atoms with Crippen molar-refractivity contribution < 1.29 is 25.2 Å². The number of rotatable bonds is 5. The number of hydrogen-bond acceptors (Lipinski definition) is 5. The van der Waals surface area contributed by atoms with Gasteiger partial charge < -0.3 is 25.2 Å². The molecule has 5 nitrogen and oxygen atoms in total. The molecule has 4 N–H and O–H groups in total. The normalized spacial score (nSPS) is 28.5. The number of aliphatic hydroxyl groups is 4. The van der Waals surface area contributed by atoms with E-state index in [1.165, 1.54) is 16.7 Å². The van der Waals surface area contributed by atoms with Crippen LogP contribution in [-0.4, -0.2) is 51.4 Å². The van der Waals surface area contributed by atoms with Crippen LogP contribution in [0.25, 0.3) is 0 Å². The van der Waals surface area contributed by atoms with E-state index in [0.717, 1.165) is 48.8 Å². The van der Waals surface area contributed by atoms with E-state index in [4.69, 9.17) is 16.3 Å². The summed E-state index contributed by atoms with van der Waals surface area (Å²) in [5, 5.41) is 41.5. The molecule has 2 aromatic rings. The largest absolute Gasteiger partial charge is 0.394 e. The minimum absolute atomic E-state index is 0.425. The molecule has 0 radical (unpaired) electrons. The maximum atomic E-state index is 10.7. The Kier molecular flexibility index (Phi) is 6.49. The predicted molar refractivity (Wildman–Crippen MR) is 115 cm³/mol. The van der Waals surface area contributed by atoms with Gasteiger partial charge >= 0.3 is 0 Å². The Morgan fingerprint density at radius 1 is 1.00 bits per heavy atom. The topological polar surface area (TPSA) is 90.2 Å². The summed E-state index contributed by atoms with van der Waals surface area (Å²) < 4.78 is 5.91. The molecular weight excluding hydrogens is 404 g/mol. The third-order valence-corrected chi connectivity index (χ3v) is 6.76. The van der Waals surface area contributed by atoms with Crippen LogP contribution in [-0.2, 0) is 30.4 Å². The van der Waals surface area contributed by atoms with Crippen molar-refractivity contribution in [2.75, 3.05) is 6.61 Å². The number of ether oxygens (including phenoxy) is 1. The summed E-state index contributed by atoms with van der Waals surface area (Å²) in [5.41, 5.74) is 7.02. The van der Waals surface area contributed by atoms with Crippen molar-refractivity contribution >= 4 is 11.6 Å². The van der Waals surface area contributed by atoms with E-state index < -0.39 is 37.1 Å². The lowest BCUT2D eigenvalue weighted by Gasteiger charge is -2.41. The van der Waals surface area contributed by atoms with E-state index in [9.17, 15) is 20.4 Å².